The van der Waals surface area contributed by atoms with Crippen molar-refractivity contribution >= 4 is 23.3 Å². The van der Waals surface area contributed by atoms with Crippen LogP contribution in [0, 0.1) is 11.8 Å². The SMILES string of the molecule is CNC(C)C(=O)Nc1ccc(-c2ccccc2Cl)c(C#Cc2ccccc2)n1. The molecule has 140 valence electrons. The quantitative estimate of drug-likeness (QED) is 0.652. The fraction of sp³-hybridized carbons (Fsp3) is 0.130. The second-order valence-electron chi connectivity index (χ2n) is 6.19. The maximum absolute atomic E-state index is 12.2. The van der Waals surface area contributed by atoms with Crippen LogP contribution >= 0.6 is 11.6 Å². The molecule has 4 nitrogen and oxygen atoms in total. The van der Waals surface area contributed by atoms with Crippen LogP contribution in [-0.2, 0) is 4.79 Å². The molecule has 5 heteroatoms. The number of rotatable bonds is 4. The van der Waals surface area contributed by atoms with Crippen molar-refractivity contribution in [1.82, 2.24) is 10.3 Å². The van der Waals surface area contributed by atoms with E-state index >= 15 is 0 Å². The Kier molecular flexibility index (Phi) is 6.44. The fourth-order valence-electron chi connectivity index (χ4n) is 2.54. The minimum absolute atomic E-state index is 0.164. The van der Waals surface area contributed by atoms with Gasteiger partial charge in [-0.25, -0.2) is 4.98 Å². The maximum Gasteiger partial charge on any atom is 0.242 e. The molecule has 28 heavy (non-hydrogen) atoms. The molecule has 0 aliphatic rings. The van der Waals surface area contributed by atoms with Crippen LogP contribution in [0.15, 0.2) is 66.7 Å². The lowest BCUT2D eigenvalue weighted by atomic mass is 10.0. The molecular weight excluding hydrogens is 370 g/mol. The molecule has 0 aliphatic heterocycles. The van der Waals surface area contributed by atoms with Crippen LogP contribution < -0.4 is 10.6 Å². The highest BCUT2D eigenvalue weighted by Gasteiger charge is 2.14. The van der Waals surface area contributed by atoms with E-state index in [2.05, 4.69) is 27.5 Å². The number of aromatic nitrogens is 1. The summed E-state index contributed by atoms with van der Waals surface area (Å²) in [6, 6.07) is 20.5. The summed E-state index contributed by atoms with van der Waals surface area (Å²) < 4.78 is 0. The van der Waals surface area contributed by atoms with E-state index in [1.165, 1.54) is 0 Å². The molecule has 2 N–H and O–H groups in total. The van der Waals surface area contributed by atoms with Crippen LogP contribution in [-0.4, -0.2) is 24.0 Å². The Morgan fingerprint density at radius 3 is 2.39 bits per heavy atom. The molecule has 0 aliphatic carbocycles. The lowest BCUT2D eigenvalue weighted by Gasteiger charge is -2.12. The lowest BCUT2D eigenvalue weighted by molar-refractivity contribution is -0.117. The van der Waals surface area contributed by atoms with Gasteiger partial charge in [0.2, 0.25) is 5.91 Å². The summed E-state index contributed by atoms with van der Waals surface area (Å²) in [5, 5.41) is 6.34. The summed E-state index contributed by atoms with van der Waals surface area (Å²) >= 11 is 6.38. The fourth-order valence-corrected chi connectivity index (χ4v) is 2.78. The number of carbonyl (C=O) groups excluding carboxylic acids is 1. The normalized spacial score (nSPS) is 11.2. The van der Waals surface area contributed by atoms with Gasteiger partial charge in [0.25, 0.3) is 0 Å². The van der Waals surface area contributed by atoms with E-state index in [1.807, 2.05) is 60.7 Å². The van der Waals surface area contributed by atoms with E-state index in [-0.39, 0.29) is 11.9 Å². The molecule has 1 atom stereocenters. The van der Waals surface area contributed by atoms with E-state index in [9.17, 15) is 4.79 Å². The first-order chi connectivity index (χ1) is 13.6. The molecule has 3 aromatic rings. The number of nitrogens with one attached hydrogen (secondary N) is 2. The lowest BCUT2D eigenvalue weighted by Crippen LogP contribution is -2.35. The van der Waals surface area contributed by atoms with Crippen LogP contribution in [0.4, 0.5) is 5.82 Å². The maximum atomic E-state index is 12.2. The molecule has 3 rings (SSSR count). The van der Waals surface area contributed by atoms with Crippen molar-refractivity contribution in [3.63, 3.8) is 0 Å². The Hall–Kier alpha value is -3.13. The summed E-state index contributed by atoms with van der Waals surface area (Å²) in [5.41, 5.74) is 3.09. The molecule has 1 aromatic heterocycles. The second kappa shape index (κ2) is 9.18. The van der Waals surface area contributed by atoms with Gasteiger partial charge in [-0.1, -0.05) is 53.9 Å². The molecule has 0 radical (unpaired) electrons. The average Bonchev–Trinajstić information content (AvgIpc) is 2.73. The Bertz CT molecular complexity index is 1040. The zero-order valence-electron chi connectivity index (χ0n) is 15.7. The van der Waals surface area contributed by atoms with Gasteiger partial charge in [0.05, 0.1) is 6.04 Å². The average molecular weight is 390 g/mol. The van der Waals surface area contributed by atoms with Gasteiger partial charge >= 0.3 is 0 Å². The van der Waals surface area contributed by atoms with Gasteiger partial charge in [0, 0.05) is 21.7 Å². The summed E-state index contributed by atoms with van der Waals surface area (Å²) in [6.07, 6.45) is 0. The predicted molar refractivity (Wildman–Crippen MR) is 114 cm³/mol. The monoisotopic (exact) mass is 389 g/mol. The number of amides is 1. The summed E-state index contributed by atoms with van der Waals surface area (Å²) in [6.45, 7) is 1.78. The van der Waals surface area contributed by atoms with Gasteiger partial charge in [0.15, 0.2) is 0 Å². The highest BCUT2D eigenvalue weighted by molar-refractivity contribution is 6.33. The summed E-state index contributed by atoms with van der Waals surface area (Å²) in [4.78, 5) is 16.7. The molecule has 0 fully saturated rings. The van der Waals surface area contributed by atoms with Gasteiger partial charge in [-0.05, 0) is 50.2 Å². The summed E-state index contributed by atoms with van der Waals surface area (Å²) in [7, 11) is 1.73. The summed E-state index contributed by atoms with van der Waals surface area (Å²) in [5.74, 6) is 6.53. The van der Waals surface area contributed by atoms with Crippen LogP contribution in [0.3, 0.4) is 0 Å². The largest absolute Gasteiger partial charge is 0.309 e. The number of pyridine rings is 1. The van der Waals surface area contributed by atoms with Crippen molar-refractivity contribution in [2.24, 2.45) is 0 Å². The smallest absolute Gasteiger partial charge is 0.242 e. The van der Waals surface area contributed by atoms with E-state index < -0.39 is 0 Å². The van der Waals surface area contributed by atoms with E-state index in [0.717, 1.165) is 16.7 Å². The molecule has 0 saturated carbocycles. The third-order valence-corrected chi connectivity index (χ3v) is 4.57. The van der Waals surface area contributed by atoms with Gasteiger partial charge in [-0.2, -0.15) is 0 Å². The third-order valence-electron chi connectivity index (χ3n) is 4.24. The first-order valence-corrected chi connectivity index (χ1v) is 9.27. The topological polar surface area (TPSA) is 54.0 Å². The number of halogens is 1. The Labute approximate surface area is 170 Å². The first-order valence-electron chi connectivity index (χ1n) is 8.89. The van der Waals surface area contributed by atoms with Crippen LogP contribution in [0.25, 0.3) is 11.1 Å². The van der Waals surface area contributed by atoms with Crippen LogP contribution in [0.5, 0.6) is 0 Å². The van der Waals surface area contributed by atoms with Crippen molar-refractivity contribution < 1.29 is 4.79 Å². The number of likely N-dealkylation sites (N-methyl/N-ethyl adjacent to an activating group) is 1. The third kappa shape index (κ3) is 4.77. The van der Waals surface area contributed by atoms with E-state index in [0.29, 0.717) is 16.5 Å². The molecule has 1 amide bonds. The zero-order valence-corrected chi connectivity index (χ0v) is 16.4. The molecule has 0 bridgehead atoms. The Morgan fingerprint density at radius 1 is 0.964 bits per heavy atom. The zero-order chi connectivity index (χ0) is 19.9. The minimum atomic E-state index is -0.330. The molecule has 1 unspecified atom stereocenters. The highest BCUT2D eigenvalue weighted by Crippen LogP contribution is 2.30. The van der Waals surface area contributed by atoms with Gasteiger partial charge in [0.1, 0.15) is 11.5 Å². The molecule has 1 heterocycles. The number of nitrogens with zero attached hydrogens (tertiary/aromatic N) is 1. The highest BCUT2D eigenvalue weighted by atomic mass is 35.5. The number of carbonyl (C=O) groups is 1. The van der Waals surface area contributed by atoms with Crippen molar-refractivity contribution in [3.05, 3.63) is 83.0 Å². The van der Waals surface area contributed by atoms with Gasteiger partial charge in [-0.3, -0.25) is 4.79 Å². The van der Waals surface area contributed by atoms with Crippen molar-refractivity contribution in [3.8, 4) is 23.0 Å². The standard InChI is InChI=1S/C23H20ClN3O/c1-16(25-2)23(28)27-22-15-13-19(18-10-6-7-11-20(18)24)21(26-22)14-12-17-8-4-3-5-9-17/h3-11,13,15-16,25H,1-2H3,(H,26,27,28). The molecule has 0 spiro atoms. The van der Waals surface area contributed by atoms with Gasteiger partial charge in [-0.15, -0.1) is 0 Å². The van der Waals surface area contributed by atoms with Crippen molar-refractivity contribution in [2.75, 3.05) is 12.4 Å². The number of hydrogen-bond donors (Lipinski definition) is 2. The Morgan fingerprint density at radius 2 is 1.68 bits per heavy atom. The van der Waals surface area contributed by atoms with Crippen LogP contribution in [0.1, 0.15) is 18.2 Å². The predicted octanol–water partition coefficient (Wildman–Crippen LogP) is 4.35. The molecule has 0 saturated heterocycles. The number of hydrogen-bond acceptors (Lipinski definition) is 3. The number of benzene rings is 2. The molecule has 2 aromatic carbocycles. The van der Waals surface area contributed by atoms with Gasteiger partial charge < -0.3 is 10.6 Å². The van der Waals surface area contributed by atoms with Crippen molar-refractivity contribution in [2.45, 2.75) is 13.0 Å². The van der Waals surface area contributed by atoms with Crippen molar-refractivity contribution in [1.29, 1.82) is 0 Å². The van der Waals surface area contributed by atoms with E-state index in [1.54, 1.807) is 20.0 Å². The first kappa shape index (κ1) is 19.6. The van der Waals surface area contributed by atoms with E-state index in [4.69, 9.17) is 11.6 Å². The minimum Gasteiger partial charge on any atom is -0.309 e. The second-order valence-corrected chi connectivity index (χ2v) is 6.60. The number of anilines is 1. The molecular formula is C23H20ClN3O. The van der Waals surface area contributed by atoms with Crippen LogP contribution in [0.2, 0.25) is 5.02 Å². The Balaban J connectivity index is 2.04.